The Hall–Kier alpha value is -1.44. The van der Waals surface area contributed by atoms with Crippen LogP contribution in [0.2, 0.25) is 0 Å². The first-order chi connectivity index (χ1) is 12.0. The van der Waals surface area contributed by atoms with Crippen molar-refractivity contribution in [2.24, 2.45) is 5.92 Å². The van der Waals surface area contributed by atoms with E-state index < -0.39 is 0 Å². The van der Waals surface area contributed by atoms with Crippen LogP contribution in [0.25, 0.3) is 0 Å². The molecule has 0 radical (unpaired) electrons. The molecule has 0 aliphatic carbocycles. The maximum atomic E-state index is 12.3. The number of ketones is 2. The van der Waals surface area contributed by atoms with Gasteiger partial charge in [0.25, 0.3) is 0 Å². The molecule has 0 spiro atoms. The molecule has 1 rings (SSSR count). The lowest BCUT2D eigenvalue weighted by atomic mass is 9.92. The molecular formula is C23H36O2. The van der Waals surface area contributed by atoms with E-state index in [1.54, 1.807) is 0 Å². The highest BCUT2D eigenvalue weighted by atomic mass is 16.2. The molecule has 0 aliphatic rings. The summed E-state index contributed by atoms with van der Waals surface area (Å²) >= 11 is 0. The highest BCUT2D eigenvalue weighted by Crippen LogP contribution is 2.17. The van der Waals surface area contributed by atoms with Gasteiger partial charge in [-0.3, -0.25) is 9.59 Å². The lowest BCUT2D eigenvalue weighted by Crippen LogP contribution is -2.23. The third-order valence-electron chi connectivity index (χ3n) is 4.92. The average Bonchev–Trinajstić information content (AvgIpc) is 2.60. The van der Waals surface area contributed by atoms with Gasteiger partial charge in [-0.15, -0.1) is 0 Å². The van der Waals surface area contributed by atoms with Crippen LogP contribution in [-0.4, -0.2) is 11.6 Å². The zero-order chi connectivity index (χ0) is 18.7. The predicted octanol–water partition coefficient (Wildman–Crippen LogP) is 6.27. The molecule has 2 nitrogen and oxygen atoms in total. The van der Waals surface area contributed by atoms with Crippen molar-refractivity contribution in [2.75, 3.05) is 0 Å². The molecule has 0 bridgehead atoms. The number of hydrogen-bond acceptors (Lipinski definition) is 2. The fourth-order valence-corrected chi connectivity index (χ4v) is 3.13. The molecule has 140 valence electrons. The summed E-state index contributed by atoms with van der Waals surface area (Å²) < 4.78 is 0. The number of benzene rings is 1. The summed E-state index contributed by atoms with van der Waals surface area (Å²) in [5.74, 6) is -0.0858. The Balaban J connectivity index is 2.31. The Morgan fingerprint density at radius 1 is 0.840 bits per heavy atom. The van der Waals surface area contributed by atoms with E-state index in [2.05, 4.69) is 45.0 Å². The summed E-state index contributed by atoms with van der Waals surface area (Å²) in [6, 6.07) is 8.41. The molecular weight excluding hydrogens is 308 g/mol. The molecule has 0 aromatic heterocycles. The summed E-state index contributed by atoms with van der Waals surface area (Å²) in [6.07, 6.45) is 9.26. The van der Waals surface area contributed by atoms with Gasteiger partial charge in [0.05, 0.1) is 0 Å². The summed E-state index contributed by atoms with van der Waals surface area (Å²) in [5, 5.41) is 0. The predicted molar refractivity (Wildman–Crippen MR) is 106 cm³/mol. The van der Waals surface area contributed by atoms with Crippen LogP contribution >= 0.6 is 0 Å². The molecule has 0 aliphatic heterocycles. The summed E-state index contributed by atoms with van der Waals surface area (Å²) in [4.78, 5) is 24.4. The van der Waals surface area contributed by atoms with Crippen LogP contribution in [0.1, 0.15) is 96.1 Å². The molecule has 1 aromatic carbocycles. The van der Waals surface area contributed by atoms with Crippen molar-refractivity contribution in [3.63, 3.8) is 0 Å². The maximum Gasteiger partial charge on any atom is 0.201 e. The molecule has 0 saturated heterocycles. The maximum absolute atomic E-state index is 12.3. The van der Waals surface area contributed by atoms with Crippen molar-refractivity contribution in [3.05, 3.63) is 35.4 Å². The number of rotatable bonds is 13. The molecule has 0 heterocycles. The van der Waals surface area contributed by atoms with E-state index in [1.807, 2.05) is 6.92 Å². The van der Waals surface area contributed by atoms with Crippen molar-refractivity contribution in [3.8, 4) is 0 Å². The lowest BCUT2D eigenvalue weighted by molar-refractivity contribution is -0.138. The normalized spacial score (nSPS) is 12.4. The van der Waals surface area contributed by atoms with Gasteiger partial charge in [-0.2, -0.15) is 0 Å². The second kappa shape index (κ2) is 12.0. The van der Waals surface area contributed by atoms with Gasteiger partial charge in [-0.25, -0.2) is 0 Å². The van der Waals surface area contributed by atoms with Gasteiger partial charge < -0.3 is 0 Å². The highest BCUT2D eigenvalue weighted by molar-refractivity contribution is 6.37. The Morgan fingerprint density at radius 2 is 1.40 bits per heavy atom. The van der Waals surface area contributed by atoms with Gasteiger partial charge >= 0.3 is 0 Å². The first kappa shape index (κ1) is 21.6. The average molecular weight is 345 g/mol. The van der Waals surface area contributed by atoms with E-state index >= 15 is 0 Å². The van der Waals surface area contributed by atoms with Crippen LogP contribution in [0.3, 0.4) is 0 Å². The molecule has 0 amide bonds. The summed E-state index contributed by atoms with van der Waals surface area (Å²) in [6.45, 7) is 8.43. The summed E-state index contributed by atoms with van der Waals surface area (Å²) in [7, 11) is 0. The Kier molecular flexibility index (Phi) is 10.4. The van der Waals surface area contributed by atoms with Crippen LogP contribution in [0.5, 0.6) is 0 Å². The van der Waals surface area contributed by atoms with Crippen LogP contribution in [0.4, 0.5) is 0 Å². The zero-order valence-electron chi connectivity index (χ0n) is 16.6. The van der Waals surface area contributed by atoms with Gasteiger partial charge in [-0.1, -0.05) is 90.5 Å². The van der Waals surface area contributed by atoms with Gasteiger partial charge in [-0.05, 0) is 29.9 Å². The van der Waals surface area contributed by atoms with Crippen LogP contribution in [0.15, 0.2) is 24.3 Å². The van der Waals surface area contributed by atoms with Crippen molar-refractivity contribution in [1.29, 1.82) is 0 Å². The molecule has 1 aromatic rings. The molecule has 1 atom stereocenters. The monoisotopic (exact) mass is 344 g/mol. The van der Waals surface area contributed by atoms with Crippen LogP contribution in [-0.2, 0) is 16.0 Å². The molecule has 0 N–H and O–H groups in total. The van der Waals surface area contributed by atoms with Crippen molar-refractivity contribution in [1.82, 2.24) is 0 Å². The van der Waals surface area contributed by atoms with E-state index in [0.29, 0.717) is 18.8 Å². The van der Waals surface area contributed by atoms with Crippen molar-refractivity contribution < 1.29 is 9.59 Å². The molecule has 0 fully saturated rings. The topological polar surface area (TPSA) is 34.1 Å². The van der Waals surface area contributed by atoms with Gasteiger partial charge in [0.2, 0.25) is 5.78 Å². The number of Topliss-reactive ketones (excluding diaryl/α,β-unsaturated/α-hetero) is 2. The first-order valence-electron chi connectivity index (χ1n) is 10.1. The minimum atomic E-state index is -0.220. The van der Waals surface area contributed by atoms with E-state index in [0.717, 1.165) is 18.4 Å². The molecule has 1 unspecified atom stereocenters. The molecule has 2 heteroatoms. The van der Waals surface area contributed by atoms with Crippen LogP contribution < -0.4 is 0 Å². The van der Waals surface area contributed by atoms with Gasteiger partial charge in [0, 0.05) is 12.3 Å². The quantitative estimate of drug-likeness (QED) is 0.312. The lowest BCUT2D eigenvalue weighted by Gasteiger charge is -2.11. The second-order valence-corrected chi connectivity index (χ2v) is 7.66. The number of unbranched alkanes of at least 4 members (excludes halogenated alkanes) is 6. The van der Waals surface area contributed by atoms with Crippen LogP contribution in [0, 0.1) is 5.92 Å². The van der Waals surface area contributed by atoms with E-state index in [4.69, 9.17) is 0 Å². The van der Waals surface area contributed by atoms with E-state index in [9.17, 15) is 9.59 Å². The zero-order valence-corrected chi connectivity index (χ0v) is 16.6. The van der Waals surface area contributed by atoms with Gasteiger partial charge in [0.15, 0.2) is 5.78 Å². The fourth-order valence-electron chi connectivity index (χ4n) is 3.13. The largest absolute Gasteiger partial charge is 0.291 e. The SMILES string of the molecule is CCCCCCCCCC(=O)C(=O)C(C)Cc1ccc(C(C)C)cc1. The third kappa shape index (κ3) is 8.47. The number of carbonyl (C=O) groups is 2. The Bertz CT molecular complexity index is 513. The summed E-state index contributed by atoms with van der Waals surface area (Å²) in [5.41, 5.74) is 2.44. The van der Waals surface area contributed by atoms with E-state index in [-0.39, 0.29) is 17.5 Å². The number of carbonyl (C=O) groups excluding carboxylic acids is 2. The number of hydrogen-bond donors (Lipinski definition) is 0. The Morgan fingerprint density at radius 3 is 1.96 bits per heavy atom. The Labute approximate surface area is 154 Å². The minimum absolute atomic E-state index is 0.181. The van der Waals surface area contributed by atoms with E-state index in [1.165, 1.54) is 37.7 Å². The minimum Gasteiger partial charge on any atom is -0.291 e. The fraction of sp³-hybridized carbons (Fsp3) is 0.652. The standard InChI is InChI=1S/C23H36O2/c1-5-6-7-8-9-10-11-12-22(24)23(25)19(4)17-20-13-15-21(16-14-20)18(2)3/h13-16,18-19H,5-12,17H2,1-4H3. The second-order valence-electron chi connectivity index (χ2n) is 7.66. The first-order valence-corrected chi connectivity index (χ1v) is 10.1. The smallest absolute Gasteiger partial charge is 0.201 e. The third-order valence-corrected chi connectivity index (χ3v) is 4.92. The van der Waals surface area contributed by atoms with Gasteiger partial charge in [0.1, 0.15) is 0 Å². The molecule has 0 saturated carbocycles. The highest BCUT2D eigenvalue weighted by Gasteiger charge is 2.20. The molecule has 25 heavy (non-hydrogen) atoms. The van der Waals surface area contributed by atoms with Crippen molar-refractivity contribution >= 4 is 11.6 Å². The van der Waals surface area contributed by atoms with Crippen molar-refractivity contribution in [2.45, 2.75) is 91.4 Å².